The van der Waals surface area contributed by atoms with Crippen molar-refractivity contribution in [3.05, 3.63) is 12.7 Å². The highest BCUT2D eigenvalue weighted by Crippen LogP contribution is 2.67. The van der Waals surface area contributed by atoms with Crippen molar-refractivity contribution in [2.75, 3.05) is 13.2 Å². The van der Waals surface area contributed by atoms with Crippen LogP contribution >= 0.6 is 0 Å². The van der Waals surface area contributed by atoms with Gasteiger partial charge >= 0.3 is 0 Å². The minimum absolute atomic E-state index is 0.598. The van der Waals surface area contributed by atoms with Crippen LogP contribution in [0.1, 0.15) is 78.1 Å². The number of ether oxygens (including phenoxy) is 1. The smallest absolute Gasteiger partial charge is 0.169 e. The molecule has 4 aliphatic carbocycles. The molecule has 1 aliphatic heterocycles. The van der Waals surface area contributed by atoms with Crippen molar-refractivity contribution >= 4 is 6.40 Å². The molecular formula is C24H39NO. The van der Waals surface area contributed by atoms with Crippen molar-refractivity contribution in [1.29, 1.82) is 0 Å². The summed E-state index contributed by atoms with van der Waals surface area (Å²) in [6.07, 6.45) is 18.9. The molecule has 4 saturated carbocycles. The average Bonchev–Trinajstić information content (AvgIpc) is 3.32. The van der Waals surface area contributed by atoms with Gasteiger partial charge in [-0.15, -0.1) is 6.58 Å². The van der Waals surface area contributed by atoms with E-state index in [1.807, 2.05) is 0 Å². The number of hydrogen-bond acceptors (Lipinski definition) is 2. The summed E-state index contributed by atoms with van der Waals surface area (Å²) in [5.74, 6) is 4.99. The van der Waals surface area contributed by atoms with Gasteiger partial charge in [-0.1, -0.05) is 32.8 Å². The zero-order chi connectivity index (χ0) is 18.2. The number of fused-ring (bicyclic) bond motifs is 5. The lowest BCUT2D eigenvalue weighted by atomic mass is 9.45. The van der Waals surface area contributed by atoms with E-state index >= 15 is 0 Å². The molecule has 0 aromatic rings. The first kappa shape index (κ1) is 18.6. The Morgan fingerprint density at radius 1 is 0.962 bits per heavy atom. The fourth-order valence-electron chi connectivity index (χ4n) is 7.99. The van der Waals surface area contributed by atoms with Gasteiger partial charge in [-0.25, -0.2) is 0 Å². The molecule has 0 amide bonds. The highest BCUT2D eigenvalue weighted by Gasteiger charge is 2.58. The Morgan fingerprint density at radius 2 is 1.81 bits per heavy atom. The SMILES string of the molecule is C1=NCCO1.C=C[C@H]1CC[C@H]2[C@@H]3CCC4CCCC[C@]4(C)[C@H]3CC[C@]12C. The molecule has 0 bridgehead atoms. The summed E-state index contributed by atoms with van der Waals surface area (Å²) in [6, 6.07) is 0. The highest BCUT2D eigenvalue weighted by atomic mass is 16.5. The summed E-state index contributed by atoms with van der Waals surface area (Å²) < 4.78 is 4.65. The molecule has 0 aromatic carbocycles. The number of allylic oxidation sites excluding steroid dienone is 1. The Bertz CT molecular complexity index is 536. The Labute approximate surface area is 160 Å². The van der Waals surface area contributed by atoms with Crippen LogP contribution in [-0.4, -0.2) is 19.6 Å². The molecule has 146 valence electrons. The fourth-order valence-corrected chi connectivity index (χ4v) is 7.99. The van der Waals surface area contributed by atoms with Gasteiger partial charge in [0.25, 0.3) is 0 Å². The molecule has 0 radical (unpaired) electrons. The maximum absolute atomic E-state index is 4.65. The van der Waals surface area contributed by atoms with Gasteiger partial charge in [-0.3, -0.25) is 4.99 Å². The van der Waals surface area contributed by atoms with E-state index in [-0.39, 0.29) is 0 Å². The minimum Gasteiger partial charge on any atom is -0.482 e. The number of aliphatic imine (C=N–C) groups is 1. The maximum Gasteiger partial charge on any atom is 0.169 e. The predicted molar refractivity (Wildman–Crippen MR) is 109 cm³/mol. The van der Waals surface area contributed by atoms with E-state index in [0.29, 0.717) is 10.8 Å². The zero-order valence-corrected chi connectivity index (χ0v) is 17.1. The van der Waals surface area contributed by atoms with Crippen LogP contribution < -0.4 is 0 Å². The molecule has 0 aromatic heterocycles. The Morgan fingerprint density at radius 3 is 2.50 bits per heavy atom. The van der Waals surface area contributed by atoms with Gasteiger partial charge < -0.3 is 4.74 Å². The van der Waals surface area contributed by atoms with Gasteiger partial charge in [0.2, 0.25) is 0 Å². The summed E-state index contributed by atoms with van der Waals surface area (Å²) in [7, 11) is 0. The second-order valence-corrected chi connectivity index (χ2v) is 10.2. The minimum atomic E-state index is 0.598. The van der Waals surface area contributed by atoms with Crippen LogP contribution in [0, 0.1) is 40.4 Å². The van der Waals surface area contributed by atoms with E-state index in [1.165, 1.54) is 57.8 Å². The summed E-state index contributed by atoms with van der Waals surface area (Å²) in [5.41, 5.74) is 1.30. The van der Waals surface area contributed by atoms with Crippen LogP contribution in [0.2, 0.25) is 0 Å². The van der Waals surface area contributed by atoms with E-state index in [9.17, 15) is 0 Å². The molecule has 0 spiro atoms. The third kappa shape index (κ3) is 2.96. The third-order valence-electron chi connectivity index (χ3n) is 9.43. The molecule has 5 aliphatic rings. The van der Waals surface area contributed by atoms with Crippen molar-refractivity contribution in [3.8, 4) is 0 Å². The zero-order valence-electron chi connectivity index (χ0n) is 17.1. The summed E-state index contributed by atoms with van der Waals surface area (Å²) >= 11 is 0. The molecular weight excluding hydrogens is 318 g/mol. The van der Waals surface area contributed by atoms with Crippen LogP contribution in [-0.2, 0) is 4.74 Å². The van der Waals surface area contributed by atoms with Crippen molar-refractivity contribution in [2.45, 2.75) is 78.1 Å². The Balaban J connectivity index is 0.000000292. The summed E-state index contributed by atoms with van der Waals surface area (Å²) in [5, 5.41) is 0. The van der Waals surface area contributed by atoms with Crippen LogP contribution in [0.25, 0.3) is 0 Å². The van der Waals surface area contributed by atoms with Crippen molar-refractivity contribution in [3.63, 3.8) is 0 Å². The molecule has 5 rings (SSSR count). The third-order valence-corrected chi connectivity index (χ3v) is 9.43. The van der Waals surface area contributed by atoms with Crippen molar-refractivity contribution < 1.29 is 4.74 Å². The molecule has 0 saturated heterocycles. The quantitative estimate of drug-likeness (QED) is 0.507. The van der Waals surface area contributed by atoms with E-state index in [1.54, 1.807) is 12.8 Å². The number of hydrogen-bond donors (Lipinski definition) is 0. The summed E-state index contributed by atoms with van der Waals surface area (Å²) in [6.45, 7) is 11.1. The second-order valence-electron chi connectivity index (χ2n) is 10.2. The first-order chi connectivity index (χ1) is 12.6. The molecule has 7 atom stereocenters. The van der Waals surface area contributed by atoms with E-state index in [4.69, 9.17) is 0 Å². The lowest BCUT2D eigenvalue weighted by Gasteiger charge is -2.60. The van der Waals surface area contributed by atoms with Crippen LogP contribution in [0.3, 0.4) is 0 Å². The number of rotatable bonds is 1. The van der Waals surface area contributed by atoms with Crippen molar-refractivity contribution in [2.24, 2.45) is 45.4 Å². The lowest BCUT2D eigenvalue weighted by Crippen LogP contribution is -2.52. The largest absolute Gasteiger partial charge is 0.482 e. The first-order valence-electron chi connectivity index (χ1n) is 11.3. The molecule has 1 unspecified atom stereocenters. The van der Waals surface area contributed by atoms with Crippen molar-refractivity contribution in [1.82, 2.24) is 0 Å². The molecule has 0 N–H and O–H groups in total. The molecule has 2 nitrogen and oxygen atoms in total. The van der Waals surface area contributed by atoms with Gasteiger partial charge in [0.15, 0.2) is 6.40 Å². The van der Waals surface area contributed by atoms with Gasteiger partial charge in [0.1, 0.15) is 6.61 Å². The normalized spacial score (nSPS) is 49.1. The highest BCUT2D eigenvalue weighted by molar-refractivity contribution is 5.47. The van der Waals surface area contributed by atoms with Gasteiger partial charge in [0, 0.05) is 0 Å². The maximum atomic E-state index is 4.65. The topological polar surface area (TPSA) is 21.6 Å². The monoisotopic (exact) mass is 357 g/mol. The average molecular weight is 358 g/mol. The van der Waals surface area contributed by atoms with Gasteiger partial charge in [0.05, 0.1) is 6.54 Å². The van der Waals surface area contributed by atoms with E-state index in [0.717, 1.165) is 42.7 Å². The van der Waals surface area contributed by atoms with E-state index < -0.39 is 0 Å². The van der Waals surface area contributed by atoms with Gasteiger partial charge in [-0.05, 0) is 91.8 Å². The van der Waals surface area contributed by atoms with Gasteiger partial charge in [-0.2, -0.15) is 0 Å². The number of nitrogens with zero attached hydrogens (tertiary/aromatic N) is 1. The molecule has 26 heavy (non-hydrogen) atoms. The lowest BCUT2D eigenvalue weighted by molar-refractivity contribution is -0.107. The first-order valence-corrected chi connectivity index (χ1v) is 11.3. The predicted octanol–water partition coefficient (Wildman–Crippen LogP) is 6.27. The Hall–Kier alpha value is -0.790. The van der Waals surface area contributed by atoms with Crippen LogP contribution in [0.15, 0.2) is 17.6 Å². The molecule has 2 heteroatoms. The van der Waals surface area contributed by atoms with Crippen LogP contribution in [0.4, 0.5) is 0 Å². The van der Waals surface area contributed by atoms with E-state index in [2.05, 4.69) is 36.2 Å². The fraction of sp³-hybridized carbons (Fsp3) is 0.875. The van der Waals surface area contributed by atoms with Crippen LogP contribution in [0.5, 0.6) is 0 Å². The molecule has 1 heterocycles. The molecule has 4 fully saturated rings. The standard InChI is InChI=1S/C21H34.C3H5NO/c1-4-15-9-11-18-17-10-8-16-7-5-6-13-20(16,2)19(17)12-14-21(15,18)3;1-2-5-3-4-1/h4,15-19H,1,5-14H2,2-3H3;3H,1-2H2/t15-,16?,17-,18-,19-,20-,21+;/m0./s1. The Kier molecular flexibility index (Phi) is 5.23. The summed E-state index contributed by atoms with van der Waals surface area (Å²) in [4.78, 5) is 3.74. The second kappa shape index (κ2) is 7.32.